The van der Waals surface area contributed by atoms with Crippen LogP contribution in [-0.2, 0) is 4.43 Å². The largest absolute Gasteiger partial charge is 0.494 e. The van der Waals surface area contributed by atoms with Crippen molar-refractivity contribution in [3.63, 3.8) is 0 Å². The SMILES string of the molecule is CCCCOc1ccc(C(=O)c2ccc(OCCCO[Si](C)(C)C(C)(C)C)cc2)cc1. The summed E-state index contributed by atoms with van der Waals surface area (Å²) in [6.45, 7) is 15.4. The van der Waals surface area contributed by atoms with Gasteiger partial charge in [0.15, 0.2) is 14.1 Å². The third-order valence-electron chi connectivity index (χ3n) is 5.83. The summed E-state index contributed by atoms with van der Waals surface area (Å²) in [5.41, 5.74) is 1.30. The van der Waals surface area contributed by atoms with Crippen LogP contribution in [-0.4, -0.2) is 33.9 Å². The summed E-state index contributed by atoms with van der Waals surface area (Å²) < 4.78 is 17.6. The number of ether oxygens (including phenoxy) is 2. The smallest absolute Gasteiger partial charge is 0.193 e. The van der Waals surface area contributed by atoms with Gasteiger partial charge in [0.05, 0.1) is 13.2 Å². The molecule has 0 bridgehead atoms. The molecule has 0 unspecified atom stereocenters. The molecule has 0 aliphatic rings. The second kappa shape index (κ2) is 11.5. The lowest BCUT2D eigenvalue weighted by Crippen LogP contribution is -2.41. The molecule has 0 heterocycles. The number of unbranched alkanes of at least 4 members (excludes halogenated alkanes) is 1. The van der Waals surface area contributed by atoms with E-state index in [0.717, 1.165) is 30.8 Å². The minimum absolute atomic E-state index is 0.00516. The highest BCUT2D eigenvalue weighted by Gasteiger charge is 2.36. The molecule has 0 radical (unpaired) electrons. The van der Waals surface area contributed by atoms with Crippen LogP contribution in [0.3, 0.4) is 0 Å². The zero-order chi connectivity index (χ0) is 22.9. The highest BCUT2D eigenvalue weighted by molar-refractivity contribution is 6.74. The standard InChI is InChI=1S/C26H38O4Si/c1-7-8-18-28-23-14-10-21(11-15-23)25(27)22-12-16-24(17-13-22)29-19-9-20-30-31(5,6)26(2,3)4/h10-17H,7-9,18-20H2,1-6H3. The lowest BCUT2D eigenvalue weighted by atomic mass is 10.0. The van der Waals surface area contributed by atoms with Crippen LogP contribution in [0.25, 0.3) is 0 Å². The van der Waals surface area contributed by atoms with Gasteiger partial charge in [-0.05, 0) is 73.1 Å². The van der Waals surface area contributed by atoms with Crippen LogP contribution in [0, 0.1) is 0 Å². The van der Waals surface area contributed by atoms with Crippen molar-refractivity contribution < 1.29 is 18.7 Å². The Balaban J connectivity index is 1.80. The zero-order valence-electron chi connectivity index (χ0n) is 20.0. The van der Waals surface area contributed by atoms with Crippen molar-refractivity contribution in [3.8, 4) is 11.5 Å². The van der Waals surface area contributed by atoms with Gasteiger partial charge < -0.3 is 13.9 Å². The molecule has 0 aliphatic carbocycles. The minimum Gasteiger partial charge on any atom is -0.494 e. The Labute approximate surface area is 189 Å². The molecule has 4 nitrogen and oxygen atoms in total. The van der Waals surface area contributed by atoms with E-state index in [-0.39, 0.29) is 10.8 Å². The maximum absolute atomic E-state index is 12.7. The van der Waals surface area contributed by atoms with E-state index in [0.29, 0.717) is 30.9 Å². The van der Waals surface area contributed by atoms with E-state index in [9.17, 15) is 4.79 Å². The molecule has 0 spiro atoms. The van der Waals surface area contributed by atoms with Gasteiger partial charge in [0.25, 0.3) is 0 Å². The molecule has 0 fully saturated rings. The number of carbonyl (C=O) groups is 1. The molecule has 0 aromatic heterocycles. The Hall–Kier alpha value is -2.11. The van der Waals surface area contributed by atoms with E-state index in [1.165, 1.54) is 0 Å². The van der Waals surface area contributed by atoms with Gasteiger partial charge in [0.2, 0.25) is 0 Å². The number of benzene rings is 2. The Morgan fingerprint density at radius 1 is 0.774 bits per heavy atom. The van der Waals surface area contributed by atoms with Gasteiger partial charge in [-0.25, -0.2) is 0 Å². The van der Waals surface area contributed by atoms with Crippen molar-refractivity contribution in [1.29, 1.82) is 0 Å². The Kier molecular flexibility index (Phi) is 9.32. The van der Waals surface area contributed by atoms with E-state index in [4.69, 9.17) is 13.9 Å². The number of rotatable bonds is 12. The lowest BCUT2D eigenvalue weighted by molar-refractivity contribution is 0.103. The first-order valence-electron chi connectivity index (χ1n) is 11.3. The fraction of sp³-hybridized carbons (Fsp3) is 0.500. The van der Waals surface area contributed by atoms with Crippen molar-refractivity contribution in [3.05, 3.63) is 59.7 Å². The molecule has 2 rings (SSSR count). The summed E-state index contributed by atoms with van der Waals surface area (Å²) in [5.74, 6) is 1.56. The topological polar surface area (TPSA) is 44.8 Å². The molecule has 0 saturated heterocycles. The van der Waals surface area contributed by atoms with Crippen LogP contribution in [0.4, 0.5) is 0 Å². The Morgan fingerprint density at radius 2 is 1.23 bits per heavy atom. The minimum atomic E-state index is -1.70. The van der Waals surface area contributed by atoms with Gasteiger partial charge in [-0.15, -0.1) is 0 Å². The first-order valence-corrected chi connectivity index (χ1v) is 14.2. The monoisotopic (exact) mass is 442 g/mol. The summed E-state index contributed by atoms with van der Waals surface area (Å²) in [6, 6.07) is 14.7. The predicted molar refractivity (Wildman–Crippen MR) is 130 cm³/mol. The zero-order valence-corrected chi connectivity index (χ0v) is 21.0. The molecule has 0 aliphatic heterocycles. The number of hydrogen-bond donors (Lipinski definition) is 0. The van der Waals surface area contributed by atoms with Crippen molar-refractivity contribution in [1.82, 2.24) is 0 Å². The molecule has 31 heavy (non-hydrogen) atoms. The number of ketones is 1. The van der Waals surface area contributed by atoms with Crippen LogP contribution in [0.5, 0.6) is 11.5 Å². The molecule has 0 saturated carbocycles. The molecule has 5 heteroatoms. The molecule has 0 N–H and O–H groups in total. The highest BCUT2D eigenvalue weighted by Crippen LogP contribution is 2.36. The lowest BCUT2D eigenvalue weighted by Gasteiger charge is -2.36. The molecule has 2 aromatic carbocycles. The van der Waals surface area contributed by atoms with Crippen molar-refractivity contribution in [2.24, 2.45) is 0 Å². The van der Waals surface area contributed by atoms with E-state index < -0.39 is 8.32 Å². The first kappa shape index (κ1) is 25.2. The molecule has 0 amide bonds. The summed E-state index contributed by atoms with van der Waals surface area (Å²) in [7, 11) is -1.70. The fourth-order valence-corrected chi connectivity index (χ4v) is 3.79. The van der Waals surface area contributed by atoms with Crippen molar-refractivity contribution in [2.45, 2.75) is 65.1 Å². The van der Waals surface area contributed by atoms with Gasteiger partial charge in [-0.2, -0.15) is 0 Å². The number of carbonyl (C=O) groups excluding carboxylic acids is 1. The predicted octanol–water partition coefficient (Wildman–Crippen LogP) is 6.89. The molecule has 170 valence electrons. The highest BCUT2D eigenvalue weighted by atomic mass is 28.4. The van der Waals surface area contributed by atoms with Crippen LogP contribution in [0.1, 0.15) is 62.9 Å². The van der Waals surface area contributed by atoms with E-state index in [2.05, 4.69) is 40.8 Å². The molecule has 2 aromatic rings. The van der Waals surface area contributed by atoms with Gasteiger partial charge in [0.1, 0.15) is 11.5 Å². The van der Waals surface area contributed by atoms with Crippen LogP contribution in [0.15, 0.2) is 48.5 Å². The van der Waals surface area contributed by atoms with E-state index >= 15 is 0 Å². The van der Waals surface area contributed by atoms with E-state index in [1.54, 1.807) is 0 Å². The molecular weight excluding hydrogens is 404 g/mol. The fourth-order valence-electron chi connectivity index (χ4n) is 2.70. The average molecular weight is 443 g/mol. The Morgan fingerprint density at radius 3 is 1.65 bits per heavy atom. The van der Waals surface area contributed by atoms with Crippen LogP contribution in [0.2, 0.25) is 18.1 Å². The second-order valence-electron chi connectivity index (χ2n) is 9.39. The summed E-state index contributed by atoms with van der Waals surface area (Å²) in [5, 5.41) is 0.221. The van der Waals surface area contributed by atoms with Gasteiger partial charge in [-0.1, -0.05) is 34.1 Å². The maximum Gasteiger partial charge on any atom is 0.193 e. The summed E-state index contributed by atoms with van der Waals surface area (Å²) >= 11 is 0. The Bertz CT molecular complexity index is 805. The second-order valence-corrected chi connectivity index (χ2v) is 14.2. The normalized spacial score (nSPS) is 11.9. The average Bonchev–Trinajstić information content (AvgIpc) is 2.73. The molecule has 0 atom stereocenters. The van der Waals surface area contributed by atoms with Crippen LogP contribution >= 0.6 is 0 Å². The van der Waals surface area contributed by atoms with Gasteiger partial charge in [0, 0.05) is 24.2 Å². The summed E-state index contributed by atoms with van der Waals surface area (Å²) in [4.78, 5) is 12.7. The van der Waals surface area contributed by atoms with Gasteiger partial charge >= 0.3 is 0 Å². The third kappa shape index (κ3) is 7.82. The van der Waals surface area contributed by atoms with Crippen molar-refractivity contribution >= 4 is 14.1 Å². The molecular formula is C26H38O4Si. The first-order chi connectivity index (χ1) is 14.6. The quantitative estimate of drug-likeness (QED) is 0.204. The summed E-state index contributed by atoms with van der Waals surface area (Å²) in [6.07, 6.45) is 2.97. The van der Waals surface area contributed by atoms with Gasteiger partial charge in [-0.3, -0.25) is 4.79 Å². The van der Waals surface area contributed by atoms with Crippen LogP contribution < -0.4 is 9.47 Å². The van der Waals surface area contributed by atoms with E-state index in [1.807, 2.05) is 48.5 Å². The maximum atomic E-state index is 12.7. The number of hydrogen-bond acceptors (Lipinski definition) is 4. The van der Waals surface area contributed by atoms with Crippen molar-refractivity contribution in [2.75, 3.05) is 19.8 Å². The third-order valence-corrected chi connectivity index (χ3v) is 10.4.